The Balaban J connectivity index is 1.66. The second-order valence-electron chi connectivity index (χ2n) is 6.02. The monoisotopic (exact) mass is 308 g/mol. The number of methoxy groups -OCH3 is 1. The molecule has 3 atom stereocenters. The lowest BCUT2D eigenvalue weighted by atomic mass is 10.0. The first-order valence-corrected chi connectivity index (χ1v) is 7.83. The summed E-state index contributed by atoms with van der Waals surface area (Å²) in [5.74, 6) is -0.0837. The van der Waals surface area contributed by atoms with Crippen molar-refractivity contribution in [3.8, 4) is 0 Å². The Hall–Kier alpha value is -1.44. The molecule has 3 rings (SSSR count). The molecule has 7 heteroatoms. The number of aryl methyl sites for hydroxylation is 1. The van der Waals surface area contributed by atoms with Crippen LogP contribution in [0.15, 0.2) is 12.4 Å². The number of likely N-dealkylation sites (tertiary alicyclic amines) is 1. The fraction of sp³-hybridized carbons (Fsp3) is 0.733. The van der Waals surface area contributed by atoms with Crippen molar-refractivity contribution in [2.75, 3.05) is 33.4 Å². The molecule has 3 heterocycles. The zero-order valence-electron chi connectivity index (χ0n) is 13.2. The number of aromatic nitrogens is 2. The van der Waals surface area contributed by atoms with Gasteiger partial charge in [0.2, 0.25) is 0 Å². The Labute approximate surface area is 130 Å². The van der Waals surface area contributed by atoms with Gasteiger partial charge in [0, 0.05) is 46.1 Å². The zero-order chi connectivity index (χ0) is 15.5. The van der Waals surface area contributed by atoms with Crippen LogP contribution >= 0.6 is 0 Å². The van der Waals surface area contributed by atoms with Crippen LogP contribution in [0.1, 0.15) is 23.2 Å². The summed E-state index contributed by atoms with van der Waals surface area (Å²) in [5.41, 5.74) is 0.588. The second-order valence-corrected chi connectivity index (χ2v) is 6.02. The van der Waals surface area contributed by atoms with E-state index in [2.05, 4.69) is 15.3 Å². The number of hydrogen-bond acceptors (Lipinski definition) is 5. The highest BCUT2D eigenvalue weighted by Crippen LogP contribution is 2.28. The average molecular weight is 308 g/mol. The molecule has 0 aromatic carbocycles. The first-order chi connectivity index (χ1) is 10.7. The fourth-order valence-electron chi connectivity index (χ4n) is 3.44. The van der Waals surface area contributed by atoms with Gasteiger partial charge < -0.3 is 14.8 Å². The van der Waals surface area contributed by atoms with E-state index < -0.39 is 0 Å². The number of amides is 1. The van der Waals surface area contributed by atoms with E-state index in [1.54, 1.807) is 31.2 Å². The summed E-state index contributed by atoms with van der Waals surface area (Å²) in [6, 6.07) is 0.401. The number of fused-ring (bicyclic) bond motifs is 1. The van der Waals surface area contributed by atoms with E-state index >= 15 is 0 Å². The molecule has 1 aromatic rings. The van der Waals surface area contributed by atoms with E-state index in [4.69, 9.17) is 9.47 Å². The number of carbonyl (C=O) groups is 1. The van der Waals surface area contributed by atoms with Crippen LogP contribution in [0.4, 0.5) is 0 Å². The molecule has 2 aliphatic heterocycles. The summed E-state index contributed by atoms with van der Waals surface area (Å²) in [6.45, 7) is 3.16. The Kier molecular flexibility index (Phi) is 4.75. The molecule has 0 saturated carbocycles. The smallest absolute Gasteiger partial charge is 0.254 e. The number of nitrogens with one attached hydrogen (secondary N) is 1. The molecule has 2 fully saturated rings. The van der Waals surface area contributed by atoms with Crippen molar-refractivity contribution in [3.63, 3.8) is 0 Å². The second kappa shape index (κ2) is 6.76. The molecule has 0 spiro atoms. The first kappa shape index (κ1) is 15.5. The predicted octanol–water partition coefficient (Wildman–Crippen LogP) is 0.0281. The Morgan fingerprint density at radius 1 is 1.59 bits per heavy atom. The summed E-state index contributed by atoms with van der Waals surface area (Å²) in [4.78, 5) is 14.7. The quantitative estimate of drug-likeness (QED) is 0.831. The van der Waals surface area contributed by atoms with E-state index in [-0.39, 0.29) is 18.1 Å². The summed E-state index contributed by atoms with van der Waals surface area (Å²) in [6.07, 6.45) is 5.59. The average Bonchev–Trinajstić information content (AvgIpc) is 3.10. The van der Waals surface area contributed by atoms with Crippen molar-refractivity contribution >= 4 is 5.91 Å². The van der Waals surface area contributed by atoms with Gasteiger partial charge in [0.05, 0.1) is 30.5 Å². The molecular weight excluding hydrogens is 284 g/mol. The van der Waals surface area contributed by atoms with Gasteiger partial charge in [-0.05, 0) is 12.8 Å². The highest BCUT2D eigenvalue weighted by molar-refractivity contribution is 5.93. The Morgan fingerprint density at radius 2 is 2.45 bits per heavy atom. The maximum atomic E-state index is 12.3. The van der Waals surface area contributed by atoms with Gasteiger partial charge in [-0.2, -0.15) is 5.10 Å². The normalized spacial score (nSPS) is 28.5. The minimum absolute atomic E-state index is 0.0230. The van der Waals surface area contributed by atoms with Crippen molar-refractivity contribution < 1.29 is 14.3 Å². The topological polar surface area (TPSA) is 68.6 Å². The number of hydrogen-bond donors (Lipinski definition) is 1. The van der Waals surface area contributed by atoms with Gasteiger partial charge in [-0.1, -0.05) is 0 Å². The first-order valence-electron chi connectivity index (χ1n) is 7.83. The summed E-state index contributed by atoms with van der Waals surface area (Å²) in [5, 5.41) is 7.16. The van der Waals surface area contributed by atoms with E-state index in [0.29, 0.717) is 18.2 Å². The SMILES string of the molecule is COCCN1C[C@@H](NC(=O)c2cnn(C)c2)[C@@H]2OCCC[C@@H]21. The Morgan fingerprint density at radius 3 is 3.18 bits per heavy atom. The van der Waals surface area contributed by atoms with Crippen molar-refractivity contribution in [2.24, 2.45) is 7.05 Å². The van der Waals surface area contributed by atoms with Gasteiger partial charge in [-0.15, -0.1) is 0 Å². The van der Waals surface area contributed by atoms with Crippen molar-refractivity contribution in [2.45, 2.75) is 31.0 Å². The summed E-state index contributed by atoms with van der Waals surface area (Å²) in [7, 11) is 3.52. The van der Waals surface area contributed by atoms with E-state index in [1.165, 1.54) is 0 Å². The van der Waals surface area contributed by atoms with E-state index in [1.807, 2.05) is 0 Å². The molecule has 0 aliphatic carbocycles. The third-order valence-corrected chi connectivity index (χ3v) is 4.50. The molecular formula is C15H24N4O3. The van der Waals surface area contributed by atoms with Crippen molar-refractivity contribution in [3.05, 3.63) is 18.0 Å². The zero-order valence-corrected chi connectivity index (χ0v) is 13.2. The molecule has 1 aromatic heterocycles. The van der Waals surface area contributed by atoms with Crippen LogP contribution in [0.2, 0.25) is 0 Å². The minimum Gasteiger partial charge on any atom is -0.383 e. The third-order valence-electron chi connectivity index (χ3n) is 4.50. The maximum absolute atomic E-state index is 12.3. The largest absolute Gasteiger partial charge is 0.383 e. The molecule has 1 amide bonds. The standard InChI is InChI=1S/C15H24N4O3/c1-18-9-11(8-16-18)15(20)17-12-10-19(5-7-21-2)13-4-3-6-22-14(12)13/h8-9,12-14H,3-7,10H2,1-2H3,(H,17,20)/t12-,13+,14+/m1/s1. The van der Waals surface area contributed by atoms with Gasteiger partial charge in [0.15, 0.2) is 0 Å². The highest BCUT2D eigenvalue weighted by atomic mass is 16.5. The van der Waals surface area contributed by atoms with E-state index in [9.17, 15) is 4.79 Å². The van der Waals surface area contributed by atoms with Crippen LogP contribution in [0, 0.1) is 0 Å². The molecule has 0 unspecified atom stereocenters. The summed E-state index contributed by atoms with van der Waals surface area (Å²) < 4.78 is 12.8. The molecule has 0 bridgehead atoms. The van der Waals surface area contributed by atoms with Crippen LogP contribution in [0.5, 0.6) is 0 Å². The highest BCUT2D eigenvalue weighted by Gasteiger charge is 2.44. The predicted molar refractivity (Wildman–Crippen MR) is 80.7 cm³/mol. The van der Waals surface area contributed by atoms with E-state index in [0.717, 1.165) is 32.5 Å². The number of carbonyl (C=O) groups excluding carboxylic acids is 1. The molecule has 7 nitrogen and oxygen atoms in total. The Bertz CT molecular complexity index is 519. The lowest BCUT2D eigenvalue weighted by Crippen LogP contribution is -2.47. The van der Waals surface area contributed by atoms with Gasteiger partial charge in [-0.3, -0.25) is 14.4 Å². The van der Waals surface area contributed by atoms with Crippen LogP contribution in [-0.2, 0) is 16.5 Å². The van der Waals surface area contributed by atoms with Crippen LogP contribution < -0.4 is 5.32 Å². The number of rotatable bonds is 5. The molecule has 2 aliphatic rings. The van der Waals surface area contributed by atoms with Crippen LogP contribution in [-0.4, -0.2) is 72.2 Å². The molecule has 2 saturated heterocycles. The van der Waals surface area contributed by atoms with Gasteiger partial charge in [0.25, 0.3) is 5.91 Å². The number of nitrogens with zero attached hydrogens (tertiary/aromatic N) is 3. The van der Waals surface area contributed by atoms with Gasteiger partial charge in [0.1, 0.15) is 0 Å². The maximum Gasteiger partial charge on any atom is 0.254 e. The van der Waals surface area contributed by atoms with Crippen LogP contribution in [0.3, 0.4) is 0 Å². The number of ether oxygens (including phenoxy) is 2. The van der Waals surface area contributed by atoms with Gasteiger partial charge in [-0.25, -0.2) is 0 Å². The summed E-state index contributed by atoms with van der Waals surface area (Å²) >= 11 is 0. The molecule has 22 heavy (non-hydrogen) atoms. The van der Waals surface area contributed by atoms with Crippen LogP contribution in [0.25, 0.3) is 0 Å². The fourth-order valence-corrected chi connectivity index (χ4v) is 3.44. The minimum atomic E-state index is -0.0837. The van der Waals surface area contributed by atoms with Crippen molar-refractivity contribution in [1.82, 2.24) is 20.0 Å². The van der Waals surface area contributed by atoms with Gasteiger partial charge >= 0.3 is 0 Å². The van der Waals surface area contributed by atoms with Crippen molar-refractivity contribution in [1.29, 1.82) is 0 Å². The lowest BCUT2D eigenvalue weighted by molar-refractivity contribution is -0.0224. The third kappa shape index (κ3) is 3.16. The molecule has 1 N–H and O–H groups in total. The lowest BCUT2D eigenvalue weighted by Gasteiger charge is -2.32. The molecule has 0 radical (unpaired) electrons. The molecule has 122 valence electrons.